The maximum Gasteiger partial charge on any atom is 0.323 e. The summed E-state index contributed by atoms with van der Waals surface area (Å²) in [6.07, 6.45) is 1.73. The zero-order valence-electron chi connectivity index (χ0n) is 11.8. The number of aliphatic carboxylic acids is 1. The van der Waals surface area contributed by atoms with Crippen LogP contribution in [0.2, 0.25) is 0 Å². The van der Waals surface area contributed by atoms with Crippen molar-refractivity contribution < 1.29 is 14.7 Å². The number of hydrogen-bond acceptors (Lipinski definition) is 2. The topological polar surface area (TPSA) is 71.3 Å². The maximum atomic E-state index is 11.9. The van der Waals surface area contributed by atoms with E-state index in [2.05, 4.69) is 5.32 Å². The van der Waals surface area contributed by atoms with E-state index in [1.165, 1.54) is 0 Å². The molecule has 0 aliphatic carbocycles. The largest absolute Gasteiger partial charge is 0.480 e. The Kier molecular flexibility index (Phi) is 3.53. The van der Waals surface area contributed by atoms with Crippen molar-refractivity contribution in [3.05, 3.63) is 30.5 Å². The van der Waals surface area contributed by atoms with E-state index in [0.717, 1.165) is 10.9 Å². The molecule has 106 valence electrons. The molecule has 0 atom stereocenters. The van der Waals surface area contributed by atoms with Crippen LogP contribution in [0.5, 0.6) is 0 Å². The van der Waals surface area contributed by atoms with Crippen LogP contribution in [0.1, 0.15) is 20.8 Å². The van der Waals surface area contributed by atoms with Gasteiger partial charge in [-0.3, -0.25) is 9.59 Å². The molecule has 0 saturated carbocycles. The normalized spacial score (nSPS) is 11.6. The van der Waals surface area contributed by atoms with E-state index < -0.39 is 11.4 Å². The molecule has 1 aromatic heterocycles. The molecule has 1 heterocycles. The van der Waals surface area contributed by atoms with Crippen LogP contribution in [0.25, 0.3) is 10.9 Å². The van der Waals surface area contributed by atoms with Gasteiger partial charge in [0.1, 0.15) is 6.54 Å². The lowest BCUT2D eigenvalue weighted by Crippen LogP contribution is -2.27. The van der Waals surface area contributed by atoms with Crippen molar-refractivity contribution in [1.82, 2.24) is 4.57 Å². The molecule has 0 spiro atoms. The highest BCUT2D eigenvalue weighted by molar-refractivity contribution is 5.96. The van der Waals surface area contributed by atoms with Gasteiger partial charge in [-0.1, -0.05) is 20.8 Å². The first-order valence-corrected chi connectivity index (χ1v) is 6.39. The summed E-state index contributed by atoms with van der Waals surface area (Å²) in [5.41, 5.74) is 1.09. The number of hydrogen-bond donors (Lipinski definition) is 2. The zero-order valence-corrected chi connectivity index (χ0v) is 11.8. The van der Waals surface area contributed by atoms with Crippen LogP contribution in [-0.2, 0) is 16.1 Å². The first kappa shape index (κ1) is 14.1. The third-order valence-electron chi connectivity index (χ3n) is 3.02. The Hall–Kier alpha value is -2.30. The van der Waals surface area contributed by atoms with Gasteiger partial charge >= 0.3 is 5.97 Å². The standard InChI is InChI=1S/C15H18N2O3/c1-15(2,3)14(20)16-11-4-5-12-10(8-11)6-7-17(12)9-13(18)19/h4-8H,9H2,1-3H3,(H,16,20)(H,18,19). The van der Waals surface area contributed by atoms with Crippen LogP contribution >= 0.6 is 0 Å². The molecule has 1 aromatic carbocycles. The van der Waals surface area contributed by atoms with Crippen molar-refractivity contribution in [2.24, 2.45) is 5.41 Å². The lowest BCUT2D eigenvalue weighted by Gasteiger charge is -2.17. The van der Waals surface area contributed by atoms with Crippen molar-refractivity contribution >= 4 is 28.5 Å². The summed E-state index contributed by atoms with van der Waals surface area (Å²) in [6, 6.07) is 7.28. The highest BCUT2D eigenvalue weighted by atomic mass is 16.4. The molecule has 0 aliphatic rings. The van der Waals surface area contributed by atoms with Crippen molar-refractivity contribution in [1.29, 1.82) is 0 Å². The number of rotatable bonds is 3. The van der Waals surface area contributed by atoms with Crippen molar-refractivity contribution in [3.63, 3.8) is 0 Å². The van der Waals surface area contributed by atoms with Crippen LogP contribution in [0.4, 0.5) is 5.69 Å². The second kappa shape index (κ2) is 5.00. The molecule has 0 bridgehead atoms. The highest BCUT2D eigenvalue weighted by Gasteiger charge is 2.21. The molecule has 0 aliphatic heterocycles. The Morgan fingerprint density at radius 3 is 2.55 bits per heavy atom. The Morgan fingerprint density at radius 2 is 1.95 bits per heavy atom. The molecular weight excluding hydrogens is 256 g/mol. The van der Waals surface area contributed by atoms with Gasteiger partial charge in [0.25, 0.3) is 0 Å². The monoisotopic (exact) mass is 274 g/mol. The molecule has 20 heavy (non-hydrogen) atoms. The van der Waals surface area contributed by atoms with Crippen LogP contribution < -0.4 is 5.32 Å². The van der Waals surface area contributed by atoms with Gasteiger partial charge < -0.3 is 15.0 Å². The average molecular weight is 274 g/mol. The van der Waals surface area contributed by atoms with Crippen LogP contribution in [0, 0.1) is 5.41 Å². The molecule has 2 N–H and O–H groups in total. The van der Waals surface area contributed by atoms with Crippen molar-refractivity contribution in [3.8, 4) is 0 Å². The molecule has 0 saturated heterocycles. The number of carbonyl (C=O) groups is 2. The number of amides is 1. The van der Waals surface area contributed by atoms with E-state index in [1.807, 2.05) is 39.0 Å². The summed E-state index contributed by atoms with van der Waals surface area (Å²) in [6.45, 7) is 5.48. The number of aromatic nitrogens is 1. The van der Waals surface area contributed by atoms with Crippen molar-refractivity contribution in [2.45, 2.75) is 27.3 Å². The lowest BCUT2D eigenvalue weighted by molar-refractivity contribution is -0.137. The zero-order chi connectivity index (χ0) is 14.9. The first-order valence-electron chi connectivity index (χ1n) is 6.39. The molecule has 1 amide bonds. The summed E-state index contributed by atoms with van der Waals surface area (Å²) >= 11 is 0. The highest BCUT2D eigenvalue weighted by Crippen LogP contribution is 2.22. The van der Waals surface area contributed by atoms with E-state index in [0.29, 0.717) is 5.69 Å². The van der Waals surface area contributed by atoms with E-state index in [-0.39, 0.29) is 12.5 Å². The van der Waals surface area contributed by atoms with Gasteiger partial charge in [-0.15, -0.1) is 0 Å². The second-order valence-electron chi connectivity index (χ2n) is 5.82. The van der Waals surface area contributed by atoms with E-state index in [1.54, 1.807) is 16.8 Å². The number of nitrogens with one attached hydrogen (secondary N) is 1. The van der Waals surface area contributed by atoms with E-state index in [4.69, 9.17) is 5.11 Å². The molecule has 5 heteroatoms. The van der Waals surface area contributed by atoms with Gasteiger partial charge in [-0.2, -0.15) is 0 Å². The number of fused-ring (bicyclic) bond motifs is 1. The molecule has 0 radical (unpaired) electrons. The number of nitrogens with zero attached hydrogens (tertiary/aromatic N) is 1. The predicted molar refractivity (Wildman–Crippen MR) is 77.7 cm³/mol. The smallest absolute Gasteiger partial charge is 0.323 e. The van der Waals surface area contributed by atoms with Gasteiger partial charge in [-0.05, 0) is 24.3 Å². The fourth-order valence-corrected chi connectivity index (χ4v) is 1.88. The average Bonchev–Trinajstić information content (AvgIpc) is 2.70. The number of anilines is 1. The predicted octanol–water partition coefficient (Wildman–Crippen LogP) is 2.71. The minimum absolute atomic E-state index is 0.0539. The van der Waals surface area contributed by atoms with Crippen LogP contribution in [-0.4, -0.2) is 21.6 Å². The molecule has 0 fully saturated rings. The lowest BCUT2D eigenvalue weighted by atomic mass is 9.95. The Bertz CT molecular complexity index is 665. The van der Waals surface area contributed by atoms with Crippen LogP contribution in [0.15, 0.2) is 30.5 Å². The number of benzene rings is 1. The molecule has 5 nitrogen and oxygen atoms in total. The quantitative estimate of drug-likeness (QED) is 0.904. The number of carboxylic acid groups (broad SMARTS) is 1. The SMILES string of the molecule is CC(C)(C)C(=O)Nc1ccc2c(ccn2CC(=O)O)c1. The summed E-state index contributed by atoms with van der Waals surface area (Å²) < 4.78 is 1.66. The summed E-state index contributed by atoms with van der Waals surface area (Å²) in [5, 5.41) is 12.6. The second-order valence-corrected chi connectivity index (χ2v) is 5.82. The molecule has 2 rings (SSSR count). The van der Waals surface area contributed by atoms with E-state index >= 15 is 0 Å². The molecule has 0 unspecified atom stereocenters. The summed E-state index contributed by atoms with van der Waals surface area (Å²) in [7, 11) is 0. The summed E-state index contributed by atoms with van der Waals surface area (Å²) in [5.74, 6) is -0.936. The number of carbonyl (C=O) groups excluding carboxylic acids is 1. The van der Waals surface area contributed by atoms with Crippen molar-refractivity contribution in [2.75, 3.05) is 5.32 Å². The van der Waals surface area contributed by atoms with Gasteiger partial charge in [0.05, 0.1) is 0 Å². The number of carboxylic acids is 1. The fourth-order valence-electron chi connectivity index (χ4n) is 1.88. The summed E-state index contributed by atoms with van der Waals surface area (Å²) in [4.78, 5) is 22.7. The minimum Gasteiger partial charge on any atom is -0.480 e. The Balaban J connectivity index is 2.27. The third kappa shape index (κ3) is 2.99. The molecular formula is C15H18N2O3. The van der Waals surface area contributed by atoms with Gasteiger partial charge in [-0.25, -0.2) is 0 Å². The van der Waals surface area contributed by atoms with Gasteiger partial charge in [0, 0.05) is 28.2 Å². The third-order valence-corrected chi connectivity index (χ3v) is 3.02. The van der Waals surface area contributed by atoms with Crippen LogP contribution in [0.3, 0.4) is 0 Å². The van der Waals surface area contributed by atoms with Gasteiger partial charge in [0.15, 0.2) is 0 Å². The minimum atomic E-state index is -0.882. The van der Waals surface area contributed by atoms with E-state index in [9.17, 15) is 9.59 Å². The maximum absolute atomic E-state index is 11.9. The Labute approximate surface area is 117 Å². The Morgan fingerprint density at radius 1 is 1.25 bits per heavy atom. The molecule has 2 aromatic rings. The fraction of sp³-hybridized carbons (Fsp3) is 0.333. The first-order chi connectivity index (χ1) is 9.27. The van der Waals surface area contributed by atoms with Gasteiger partial charge in [0.2, 0.25) is 5.91 Å².